The fourth-order valence-corrected chi connectivity index (χ4v) is 5.20. The number of imidazole rings is 1. The van der Waals surface area contributed by atoms with Crippen LogP contribution >= 0.6 is 11.6 Å². The molecule has 40 heavy (non-hydrogen) atoms. The van der Waals surface area contributed by atoms with E-state index in [0.29, 0.717) is 10.6 Å². The number of aryl methyl sites for hydroxylation is 1. The molecule has 3 heterocycles. The van der Waals surface area contributed by atoms with E-state index in [-0.39, 0.29) is 11.7 Å². The van der Waals surface area contributed by atoms with Gasteiger partial charge in [0.2, 0.25) is 5.82 Å². The Bertz CT molecular complexity index is 1270. The average molecular weight is 568 g/mol. The van der Waals surface area contributed by atoms with Crippen molar-refractivity contribution in [2.24, 2.45) is 7.05 Å². The number of anilines is 1. The zero-order valence-corrected chi connectivity index (χ0v) is 24.9. The lowest BCUT2D eigenvalue weighted by atomic mass is 9.93. The Hall–Kier alpha value is -3.23. The molecular formula is C31H42ClN5O3. The zero-order chi connectivity index (χ0) is 29.1. The number of unbranched alkanes of at least 4 members (excludes halogenated alkanes) is 7. The van der Waals surface area contributed by atoms with Crippen molar-refractivity contribution in [3.05, 3.63) is 76.6 Å². The van der Waals surface area contributed by atoms with Crippen molar-refractivity contribution in [2.45, 2.75) is 84.2 Å². The summed E-state index contributed by atoms with van der Waals surface area (Å²) in [5.74, 6) is -0.931. The Morgan fingerprint density at radius 2 is 1.75 bits per heavy atom. The van der Waals surface area contributed by atoms with Gasteiger partial charge in [-0.3, -0.25) is 14.7 Å². The Balaban J connectivity index is 0.000000415. The number of rotatable bonds is 13. The van der Waals surface area contributed by atoms with E-state index in [9.17, 15) is 9.59 Å². The van der Waals surface area contributed by atoms with Gasteiger partial charge in [-0.15, -0.1) is 0 Å². The predicted octanol–water partition coefficient (Wildman–Crippen LogP) is 6.98. The number of aromatic carboxylic acids is 1. The van der Waals surface area contributed by atoms with Crippen LogP contribution in [0.4, 0.5) is 5.69 Å². The lowest BCUT2D eigenvalue weighted by Crippen LogP contribution is -2.39. The maximum Gasteiger partial charge on any atom is 0.372 e. The Morgan fingerprint density at radius 3 is 2.38 bits per heavy atom. The van der Waals surface area contributed by atoms with Crippen LogP contribution in [0.2, 0.25) is 5.02 Å². The highest BCUT2D eigenvalue weighted by atomic mass is 35.5. The summed E-state index contributed by atoms with van der Waals surface area (Å²) in [6.07, 6.45) is 17.3. The Kier molecular flexibility index (Phi) is 11.7. The summed E-state index contributed by atoms with van der Waals surface area (Å²) in [4.78, 5) is 33.1. The van der Waals surface area contributed by atoms with Crippen LogP contribution in [0.25, 0.3) is 0 Å². The molecule has 0 unspecified atom stereocenters. The first-order valence-corrected chi connectivity index (χ1v) is 14.5. The first-order chi connectivity index (χ1) is 19.2. The summed E-state index contributed by atoms with van der Waals surface area (Å²) >= 11 is 6.20. The highest BCUT2D eigenvalue weighted by Gasteiger charge is 2.44. The van der Waals surface area contributed by atoms with Gasteiger partial charge in [-0.05, 0) is 62.2 Å². The Morgan fingerprint density at radius 1 is 1.05 bits per heavy atom. The number of pyridine rings is 1. The summed E-state index contributed by atoms with van der Waals surface area (Å²) < 4.78 is 1.45. The van der Waals surface area contributed by atoms with Gasteiger partial charge in [0, 0.05) is 42.8 Å². The van der Waals surface area contributed by atoms with Gasteiger partial charge in [-0.2, -0.15) is 0 Å². The van der Waals surface area contributed by atoms with Gasteiger partial charge in [-0.25, -0.2) is 9.78 Å². The van der Waals surface area contributed by atoms with Crippen LogP contribution in [0.5, 0.6) is 0 Å². The van der Waals surface area contributed by atoms with E-state index < -0.39 is 11.5 Å². The molecule has 216 valence electrons. The van der Waals surface area contributed by atoms with E-state index in [1.165, 1.54) is 62.1 Å². The third-order valence-corrected chi connectivity index (χ3v) is 7.46. The molecule has 8 nitrogen and oxygen atoms in total. The lowest BCUT2D eigenvalue weighted by molar-refractivity contribution is 0.0679. The minimum atomic E-state index is -0.998. The number of carbonyl (C=O) groups is 2. The van der Waals surface area contributed by atoms with E-state index >= 15 is 0 Å². The number of hydrogen-bond donors (Lipinski definition) is 2. The molecule has 1 aromatic carbocycles. The minimum Gasteiger partial charge on any atom is -0.475 e. The Labute approximate surface area is 242 Å². The summed E-state index contributed by atoms with van der Waals surface area (Å²) in [6, 6.07) is 7.57. The van der Waals surface area contributed by atoms with E-state index in [4.69, 9.17) is 16.7 Å². The van der Waals surface area contributed by atoms with Crippen LogP contribution in [0, 0.1) is 0 Å². The second kappa shape index (κ2) is 15.0. The van der Waals surface area contributed by atoms with Gasteiger partial charge in [0.1, 0.15) is 0 Å². The first kappa shape index (κ1) is 31.3. The summed E-state index contributed by atoms with van der Waals surface area (Å²) in [6.45, 7) is 8.14. The molecular weight excluding hydrogens is 526 g/mol. The van der Waals surface area contributed by atoms with E-state index in [1.54, 1.807) is 25.5 Å². The normalized spacial score (nSPS) is 13.6. The van der Waals surface area contributed by atoms with Crippen molar-refractivity contribution < 1.29 is 14.7 Å². The van der Waals surface area contributed by atoms with E-state index in [0.717, 1.165) is 29.9 Å². The third-order valence-electron chi connectivity index (χ3n) is 7.22. The number of nitrogens with one attached hydrogen (secondary N) is 1. The first-order valence-electron chi connectivity index (χ1n) is 14.2. The van der Waals surface area contributed by atoms with Crippen molar-refractivity contribution >= 4 is 29.2 Å². The number of nitrogens with zero attached hydrogens (tertiary/aromatic N) is 4. The second-order valence-corrected chi connectivity index (χ2v) is 11.2. The number of aromatic nitrogens is 3. The number of halogens is 1. The molecule has 0 radical (unpaired) electrons. The van der Waals surface area contributed by atoms with Crippen molar-refractivity contribution in [2.75, 3.05) is 11.4 Å². The quantitative estimate of drug-likeness (QED) is 0.216. The van der Waals surface area contributed by atoms with Crippen molar-refractivity contribution in [3.8, 4) is 0 Å². The van der Waals surface area contributed by atoms with Crippen molar-refractivity contribution in [1.82, 2.24) is 19.9 Å². The molecule has 1 amide bonds. The monoisotopic (exact) mass is 567 g/mol. The van der Waals surface area contributed by atoms with E-state index in [1.807, 2.05) is 23.2 Å². The minimum absolute atomic E-state index is 0.00233. The molecule has 0 atom stereocenters. The number of amides is 1. The fourth-order valence-electron chi connectivity index (χ4n) is 5.03. The van der Waals surface area contributed by atoms with Gasteiger partial charge in [0.05, 0.1) is 17.4 Å². The molecule has 0 bridgehead atoms. The molecule has 0 fully saturated rings. The molecule has 4 rings (SSSR count). The number of carboxylic acid groups (broad SMARTS) is 1. The molecule has 0 spiro atoms. The molecule has 2 aromatic heterocycles. The van der Waals surface area contributed by atoms with Gasteiger partial charge in [0.25, 0.3) is 5.91 Å². The molecule has 0 saturated carbocycles. The SMILES string of the molecule is CCCCCCCCCCNCc1cncc(N2C(=O)c3ccc(Cl)cc3C2(C)C)c1.Cn1ccnc1C(=O)O. The highest BCUT2D eigenvalue weighted by Crippen LogP contribution is 2.42. The number of benzene rings is 1. The summed E-state index contributed by atoms with van der Waals surface area (Å²) in [7, 11) is 1.64. The number of carboxylic acids is 1. The van der Waals surface area contributed by atoms with Crippen molar-refractivity contribution in [3.63, 3.8) is 0 Å². The fraction of sp³-hybridized carbons (Fsp3) is 0.484. The number of carbonyl (C=O) groups excluding carboxylic acids is 1. The van der Waals surface area contributed by atoms with E-state index in [2.05, 4.69) is 42.1 Å². The number of hydrogen-bond acceptors (Lipinski definition) is 5. The molecule has 1 aliphatic rings. The average Bonchev–Trinajstić information content (AvgIpc) is 3.44. The molecule has 0 aliphatic carbocycles. The van der Waals surface area contributed by atoms with Crippen LogP contribution in [0.3, 0.4) is 0 Å². The van der Waals surface area contributed by atoms with Gasteiger partial charge < -0.3 is 15.0 Å². The topological polar surface area (TPSA) is 100 Å². The third kappa shape index (κ3) is 8.15. The maximum absolute atomic E-state index is 13.1. The van der Waals surface area contributed by atoms with Crippen LogP contribution in [-0.4, -0.2) is 38.1 Å². The molecule has 2 N–H and O–H groups in total. The smallest absolute Gasteiger partial charge is 0.372 e. The van der Waals surface area contributed by atoms with Crippen LogP contribution in [-0.2, 0) is 19.1 Å². The molecule has 9 heteroatoms. The molecule has 3 aromatic rings. The van der Waals surface area contributed by atoms with Crippen LogP contribution in [0.1, 0.15) is 104 Å². The van der Waals surface area contributed by atoms with Gasteiger partial charge in [-0.1, -0.05) is 63.5 Å². The maximum atomic E-state index is 13.1. The van der Waals surface area contributed by atoms with Crippen molar-refractivity contribution in [1.29, 1.82) is 0 Å². The molecule has 0 saturated heterocycles. The highest BCUT2D eigenvalue weighted by molar-refractivity contribution is 6.31. The second-order valence-electron chi connectivity index (χ2n) is 10.8. The largest absolute Gasteiger partial charge is 0.475 e. The van der Waals surface area contributed by atoms with Crippen LogP contribution in [0.15, 0.2) is 49.1 Å². The van der Waals surface area contributed by atoms with Gasteiger partial charge in [0.15, 0.2) is 0 Å². The van der Waals surface area contributed by atoms with Gasteiger partial charge >= 0.3 is 5.97 Å². The standard InChI is InChI=1S/C26H36ClN3O.C5H6N2O2/c1-4-5-6-7-8-9-10-11-14-28-17-20-15-22(19-29-18-20)30-25(31)23-13-12-21(27)16-24(23)26(30,2)3;1-7-3-2-6-4(7)5(8)9/h12-13,15-16,18-19,28H,4-11,14,17H2,1-3H3;2-3H,1H3,(H,8,9). The predicted molar refractivity (Wildman–Crippen MR) is 160 cm³/mol. The summed E-state index contributed by atoms with van der Waals surface area (Å²) in [5, 5.41) is 12.5. The van der Waals surface area contributed by atoms with Crippen LogP contribution < -0.4 is 10.2 Å². The number of fused-ring (bicyclic) bond motifs is 1. The molecule has 1 aliphatic heterocycles. The summed E-state index contributed by atoms with van der Waals surface area (Å²) in [5.41, 5.74) is 3.13. The lowest BCUT2D eigenvalue weighted by Gasteiger charge is -2.32. The zero-order valence-electron chi connectivity index (χ0n) is 24.1.